The second-order valence-corrected chi connectivity index (χ2v) is 13.8. The first-order chi connectivity index (χ1) is 13.6. The van der Waals surface area contributed by atoms with Gasteiger partial charge in [-0.3, -0.25) is 0 Å². The fraction of sp³-hybridized carbons (Fsp3) is 0.0769. The monoisotopic (exact) mass is 402 g/mol. The van der Waals surface area contributed by atoms with Gasteiger partial charge in [-0.15, -0.1) is 0 Å². The summed E-state index contributed by atoms with van der Waals surface area (Å²) in [4.78, 5) is 0. The van der Waals surface area contributed by atoms with Gasteiger partial charge >= 0.3 is 173 Å². The zero-order chi connectivity index (χ0) is 19.5. The minimum atomic E-state index is -3.23. The fourth-order valence-electron chi connectivity index (χ4n) is 3.97. The minimum absolute atomic E-state index is 0.783. The summed E-state index contributed by atoms with van der Waals surface area (Å²) in [5.74, 6) is -3.23. The van der Waals surface area contributed by atoms with Gasteiger partial charge in [-0.1, -0.05) is 0 Å². The Bertz CT molecular complexity index is 942. The third-order valence-corrected chi connectivity index (χ3v) is 12.7. The molecule has 0 N–H and O–H groups in total. The second-order valence-electron chi connectivity index (χ2n) is 7.33. The molecule has 0 amide bonds. The van der Waals surface area contributed by atoms with E-state index in [4.69, 9.17) is 11.2 Å². The van der Waals surface area contributed by atoms with Crippen LogP contribution in [-0.4, -0.2) is 0 Å². The molecule has 0 radical (unpaired) electrons. The van der Waals surface area contributed by atoms with Crippen LogP contribution in [-0.2, 0) is 6.16 Å². The topological polar surface area (TPSA) is 0 Å². The van der Waals surface area contributed by atoms with E-state index in [2.05, 4.69) is 122 Å². The Morgan fingerprint density at radius 3 is 1.25 bits per heavy atom. The molecule has 0 atom stereocenters. The fourth-order valence-corrected chi connectivity index (χ4v) is 10.1. The van der Waals surface area contributed by atoms with E-state index in [0.717, 1.165) is 6.16 Å². The van der Waals surface area contributed by atoms with Crippen molar-refractivity contribution >= 4 is 33.1 Å². The summed E-state index contributed by atoms with van der Waals surface area (Å²) in [6.45, 7) is 2.12. The van der Waals surface area contributed by atoms with Crippen LogP contribution in [0.4, 0.5) is 0 Å². The van der Waals surface area contributed by atoms with Crippen LogP contribution in [0.5, 0.6) is 0 Å². The molecular weight excluding hydrogens is 379 g/mol. The van der Waals surface area contributed by atoms with Gasteiger partial charge < -0.3 is 0 Å². The van der Waals surface area contributed by atoms with Crippen LogP contribution >= 0.6 is 17.2 Å². The Labute approximate surface area is 172 Å². The van der Waals surface area contributed by atoms with E-state index in [1.165, 1.54) is 27.0 Å². The van der Waals surface area contributed by atoms with E-state index in [1.807, 2.05) is 0 Å². The average Bonchev–Trinajstić information content (AvgIpc) is 2.77. The molecule has 0 spiro atoms. The van der Waals surface area contributed by atoms with Gasteiger partial charge in [0.05, 0.1) is 0 Å². The van der Waals surface area contributed by atoms with E-state index >= 15 is 0 Å². The summed E-state index contributed by atoms with van der Waals surface area (Å²) in [6, 6.07) is 40.7. The number of hydrogen-bond acceptors (Lipinski definition) is 0. The molecule has 4 aromatic carbocycles. The van der Waals surface area contributed by atoms with Gasteiger partial charge in [-0.2, -0.15) is 0 Å². The SMILES string of the molecule is Cc1ccc(CP(Cl)(c2ccccc2)(c2ccccc2)c2ccccc2)cc1. The summed E-state index contributed by atoms with van der Waals surface area (Å²) in [7, 11) is 0. The number of hydrogen-bond donors (Lipinski definition) is 0. The van der Waals surface area contributed by atoms with Crippen molar-refractivity contribution in [3.05, 3.63) is 126 Å². The Balaban J connectivity index is 2.07. The number of halogens is 1. The van der Waals surface area contributed by atoms with Gasteiger partial charge in [0.1, 0.15) is 0 Å². The van der Waals surface area contributed by atoms with Crippen molar-refractivity contribution in [1.29, 1.82) is 0 Å². The average molecular weight is 403 g/mol. The molecule has 0 saturated carbocycles. The van der Waals surface area contributed by atoms with E-state index in [0.29, 0.717) is 0 Å². The third kappa shape index (κ3) is 3.18. The van der Waals surface area contributed by atoms with Gasteiger partial charge in [0.15, 0.2) is 0 Å². The summed E-state index contributed by atoms with van der Waals surface area (Å²) < 4.78 is 0. The summed E-state index contributed by atoms with van der Waals surface area (Å²) in [5.41, 5.74) is 2.52. The molecule has 2 heteroatoms. The first-order valence-electron chi connectivity index (χ1n) is 9.56. The first-order valence-corrected chi connectivity index (χ1v) is 12.9. The van der Waals surface area contributed by atoms with Crippen LogP contribution in [0.3, 0.4) is 0 Å². The number of aryl methyl sites for hydroxylation is 1. The molecule has 0 nitrogen and oxygen atoms in total. The van der Waals surface area contributed by atoms with E-state index in [9.17, 15) is 0 Å². The molecule has 0 saturated heterocycles. The van der Waals surface area contributed by atoms with Crippen molar-refractivity contribution in [2.75, 3.05) is 0 Å². The van der Waals surface area contributed by atoms with Crippen LogP contribution in [0.2, 0.25) is 0 Å². The van der Waals surface area contributed by atoms with Crippen LogP contribution in [0, 0.1) is 6.92 Å². The Morgan fingerprint density at radius 1 is 0.536 bits per heavy atom. The Kier molecular flexibility index (Phi) is 5.11. The summed E-state index contributed by atoms with van der Waals surface area (Å²) >= 11 is 8.08. The zero-order valence-electron chi connectivity index (χ0n) is 16.0. The van der Waals surface area contributed by atoms with Crippen LogP contribution in [0.15, 0.2) is 115 Å². The standard InChI is InChI=1S/C26H24ClP/c1-22-17-19-23(20-18-22)21-28(27,24-11-5-2-6-12-24,25-13-7-3-8-14-25)26-15-9-4-10-16-26/h2-20H,21H2,1H3. The van der Waals surface area contributed by atoms with Crippen LogP contribution in [0.25, 0.3) is 0 Å². The number of rotatable bonds is 5. The molecule has 0 aliphatic rings. The predicted molar refractivity (Wildman–Crippen MR) is 126 cm³/mol. The van der Waals surface area contributed by atoms with Gasteiger partial charge in [-0.25, -0.2) is 0 Å². The molecule has 0 aromatic heterocycles. The maximum absolute atomic E-state index is 8.08. The molecule has 0 aliphatic carbocycles. The van der Waals surface area contributed by atoms with E-state index < -0.39 is 5.96 Å². The van der Waals surface area contributed by atoms with Crippen molar-refractivity contribution in [2.24, 2.45) is 0 Å². The molecular formula is C26H24ClP. The third-order valence-electron chi connectivity index (χ3n) is 5.48. The second kappa shape index (κ2) is 7.55. The van der Waals surface area contributed by atoms with Gasteiger partial charge in [-0.05, 0) is 0 Å². The quantitative estimate of drug-likeness (QED) is 0.350. The molecule has 4 aromatic rings. The van der Waals surface area contributed by atoms with Crippen molar-refractivity contribution in [2.45, 2.75) is 13.1 Å². The van der Waals surface area contributed by atoms with E-state index in [-0.39, 0.29) is 0 Å². The molecule has 0 unspecified atom stereocenters. The maximum atomic E-state index is 8.08. The van der Waals surface area contributed by atoms with Gasteiger partial charge in [0, 0.05) is 0 Å². The van der Waals surface area contributed by atoms with Gasteiger partial charge in [0.25, 0.3) is 0 Å². The van der Waals surface area contributed by atoms with Gasteiger partial charge in [0.2, 0.25) is 0 Å². The van der Waals surface area contributed by atoms with Crippen molar-refractivity contribution in [3.63, 3.8) is 0 Å². The first kappa shape index (κ1) is 18.9. The number of benzene rings is 4. The molecule has 0 aliphatic heterocycles. The molecule has 0 bridgehead atoms. The van der Waals surface area contributed by atoms with Crippen LogP contribution in [0.1, 0.15) is 11.1 Å². The molecule has 0 fully saturated rings. The molecule has 28 heavy (non-hydrogen) atoms. The van der Waals surface area contributed by atoms with Crippen LogP contribution < -0.4 is 15.9 Å². The summed E-state index contributed by atoms with van der Waals surface area (Å²) in [6.07, 6.45) is 0.783. The zero-order valence-corrected chi connectivity index (χ0v) is 17.7. The van der Waals surface area contributed by atoms with Crippen molar-refractivity contribution < 1.29 is 0 Å². The van der Waals surface area contributed by atoms with E-state index in [1.54, 1.807) is 0 Å². The summed E-state index contributed by atoms with van der Waals surface area (Å²) in [5, 5.41) is 3.61. The Hall–Kier alpha value is -2.40. The molecule has 4 rings (SSSR count). The molecule has 140 valence electrons. The Morgan fingerprint density at radius 2 is 0.893 bits per heavy atom. The molecule has 0 heterocycles. The van der Waals surface area contributed by atoms with Crippen molar-refractivity contribution in [3.8, 4) is 0 Å². The normalized spacial score (nSPS) is 12.9. The predicted octanol–water partition coefficient (Wildman–Crippen LogP) is 6.18. The van der Waals surface area contributed by atoms with Crippen molar-refractivity contribution in [1.82, 2.24) is 0 Å².